The molecule has 5 heteroatoms. The van der Waals surface area contributed by atoms with Crippen molar-refractivity contribution in [1.82, 2.24) is 0 Å². The molecule has 0 heterocycles. The lowest BCUT2D eigenvalue weighted by atomic mass is 10.2. The average Bonchev–Trinajstić information content (AvgIpc) is 2.48. The molecule has 22 heavy (non-hydrogen) atoms. The highest BCUT2D eigenvalue weighted by atomic mass is 32.1. The van der Waals surface area contributed by atoms with Gasteiger partial charge in [-0.25, -0.2) is 0 Å². The van der Waals surface area contributed by atoms with Crippen LogP contribution in [0.4, 0.5) is 17.1 Å². The number of ether oxygens (including phenoxy) is 1. The Kier molecular flexibility index (Phi) is 5.22. The molecule has 4 nitrogen and oxygen atoms in total. The molecule has 0 aliphatic heterocycles. The van der Waals surface area contributed by atoms with E-state index in [-0.39, 0.29) is 0 Å². The van der Waals surface area contributed by atoms with Gasteiger partial charge in [-0.15, -0.1) is 0 Å². The predicted molar refractivity (Wildman–Crippen MR) is 98.3 cm³/mol. The summed E-state index contributed by atoms with van der Waals surface area (Å²) in [5.41, 5.74) is 4.07. The Balaban J connectivity index is 2.05. The van der Waals surface area contributed by atoms with Crippen molar-refractivity contribution in [2.75, 3.05) is 36.7 Å². The number of anilines is 3. The van der Waals surface area contributed by atoms with Gasteiger partial charge in [0.1, 0.15) is 5.75 Å². The minimum absolute atomic E-state index is 0.529. The lowest BCUT2D eigenvalue weighted by Gasteiger charge is -2.15. The smallest absolute Gasteiger partial charge is 0.175 e. The van der Waals surface area contributed by atoms with Crippen LogP contribution in [0.25, 0.3) is 0 Å². The Bertz CT molecular complexity index is 653. The van der Waals surface area contributed by atoms with Crippen molar-refractivity contribution < 1.29 is 4.74 Å². The third-order valence-electron chi connectivity index (χ3n) is 3.24. The van der Waals surface area contributed by atoms with Crippen LogP contribution in [0.1, 0.15) is 5.56 Å². The van der Waals surface area contributed by atoms with Gasteiger partial charge in [-0.1, -0.05) is 6.07 Å². The molecule has 2 aromatic rings. The molecule has 0 radical (unpaired) electrons. The normalized spacial score (nSPS) is 10.0. The summed E-state index contributed by atoms with van der Waals surface area (Å²) in [5, 5.41) is 6.88. The fourth-order valence-corrected chi connectivity index (χ4v) is 2.27. The van der Waals surface area contributed by atoms with E-state index in [2.05, 4.69) is 15.5 Å². The summed E-state index contributed by atoms with van der Waals surface area (Å²) in [6.07, 6.45) is 0. The lowest BCUT2D eigenvalue weighted by Crippen LogP contribution is -2.19. The number of hydrogen-bond acceptors (Lipinski definition) is 3. The van der Waals surface area contributed by atoms with E-state index >= 15 is 0 Å². The third kappa shape index (κ3) is 4.11. The highest BCUT2D eigenvalue weighted by Crippen LogP contribution is 2.25. The molecule has 0 aliphatic rings. The maximum Gasteiger partial charge on any atom is 0.175 e. The summed E-state index contributed by atoms with van der Waals surface area (Å²) in [7, 11) is 5.67. The first-order chi connectivity index (χ1) is 10.5. The Morgan fingerprint density at radius 3 is 2.32 bits per heavy atom. The summed E-state index contributed by atoms with van der Waals surface area (Å²) < 4.78 is 5.34. The zero-order chi connectivity index (χ0) is 16.1. The highest BCUT2D eigenvalue weighted by Gasteiger charge is 2.05. The number of aryl methyl sites for hydroxylation is 1. The summed E-state index contributed by atoms with van der Waals surface area (Å²) >= 11 is 5.37. The van der Waals surface area contributed by atoms with Gasteiger partial charge < -0.3 is 20.3 Å². The van der Waals surface area contributed by atoms with Crippen molar-refractivity contribution in [3.63, 3.8) is 0 Å². The van der Waals surface area contributed by atoms with Crippen LogP contribution in [0, 0.1) is 6.92 Å². The van der Waals surface area contributed by atoms with Gasteiger partial charge in [0.15, 0.2) is 5.11 Å². The largest absolute Gasteiger partial charge is 0.495 e. The van der Waals surface area contributed by atoms with Crippen molar-refractivity contribution in [3.8, 4) is 5.75 Å². The fraction of sp³-hybridized carbons (Fsp3) is 0.235. The van der Waals surface area contributed by atoms with Gasteiger partial charge in [0.25, 0.3) is 0 Å². The van der Waals surface area contributed by atoms with Crippen LogP contribution in [0.3, 0.4) is 0 Å². The Hall–Kier alpha value is -2.27. The van der Waals surface area contributed by atoms with E-state index in [1.54, 1.807) is 7.11 Å². The Labute approximate surface area is 137 Å². The number of nitrogens with zero attached hydrogens (tertiary/aromatic N) is 1. The predicted octanol–water partition coefficient (Wildman–Crippen LogP) is 3.88. The van der Waals surface area contributed by atoms with Gasteiger partial charge in [-0.2, -0.15) is 0 Å². The van der Waals surface area contributed by atoms with Gasteiger partial charge >= 0.3 is 0 Å². The maximum atomic E-state index is 5.37. The molecule has 0 aliphatic carbocycles. The Morgan fingerprint density at radius 2 is 1.73 bits per heavy atom. The first-order valence-electron chi connectivity index (χ1n) is 6.99. The SMILES string of the molecule is COc1ccc(C)cc1NC(=S)Nc1ccc(N(C)C)cc1. The van der Waals surface area contributed by atoms with E-state index in [1.807, 2.05) is 63.5 Å². The minimum atomic E-state index is 0.529. The third-order valence-corrected chi connectivity index (χ3v) is 3.45. The summed E-state index contributed by atoms with van der Waals surface area (Å²) in [5.74, 6) is 0.762. The van der Waals surface area contributed by atoms with Crippen LogP contribution in [-0.2, 0) is 0 Å². The molecular formula is C17H21N3OS. The molecule has 116 valence electrons. The van der Waals surface area contributed by atoms with E-state index in [1.165, 1.54) is 0 Å². The monoisotopic (exact) mass is 315 g/mol. The van der Waals surface area contributed by atoms with Gasteiger partial charge in [0, 0.05) is 25.5 Å². The minimum Gasteiger partial charge on any atom is -0.495 e. The summed E-state index contributed by atoms with van der Waals surface area (Å²) in [6, 6.07) is 14.0. The number of hydrogen-bond donors (Lipinski definition) is 2. The standard InChI is InChI=1S/C17H21N3OS/c1-12-5-10-16(21-4)15(11-12)19-17(22)18-13-6-8-14(9-7-13)20(2)3/h5-11H,1-4H3,(H2,18,19,22). The zero-order valence-electron chi connectivity index (χ0n) is 13.3. The van der Waals surface area contributed by atoms with Crippen molar-refractivity contribution in [1.29, 1.82) is 0 Å². The van der Waals surface area contributed by atoms with Crippen LogP contribution in [0.15, 0.2) is 42.5 Å². The van der Waals surface area contributed by atoms with Gasteiger partial charge in [0.2, 0.25) is 0 Å². The number of methoxy groups -OCH3 is 1. The molecule has 0 aromatic heterocycles. The van der Waals surface area contributed by atoms with Crippen molar-refractivity contribution in [2.24, 2.45) is 0 Å². The lowest BCUT2D eigenvalue weighted by molar-refractivity contribution is 0.417. The second kappa shape index (κ2) is 7.13. The topological polar surface area (TPSA) is 36.5 Å². The fourth-order valence-electron chi connectivity index (χ4n) is 2.05. The van der Waals surface area contributed by atoms with Gasteiger partial charge in [0.05, 0.1) is 12.8 Å². The average molecular weight is 315 g/mol. The Morgan fingerprint density at radius 1 is 1.05 bits per heavy atom. The molecule has 0 fully saturated rings. The number of benzene rings is 2. The van der Waals surface area contributed by atoms with Crippen LogP contribution in [0.2, 0.25) is 0 Å². The number of thiocarbonyl (C=S) groups is 1. The second-order valence-electron chi connectivity index (χ2n) is 5.22. The van der Waals surface area contributed by atoms with E-state index in [0.29, 0.717) is 5.11 Å². The van der Waals surface area contributed by atoms with E-state index in [9.17, 15) is 0 Å². The zero-order valence-corrected chi connectivity index (χ0v) is 14.1. The molecule has 0 saturated heterocycles. The molecule has 2 aromatic carbocycles. The summed E-state index contributed by atoms with van der Waals surface area (Å²) in [4.78, 5) is 2.05. The molecule has 0 amide bonds. The van der Waals surface area contributed by atoms with Crippen LogP contribution < -0.4 is 20.3 Å². The summed E-state index contributed by atoms with van der Waals surface area (Å²) in [6.45, 7) is 2.03. The first-order valence-corrected chi connectivity index (χ1v) is 7.40. The van der Waals surface area contributed by atoms with Gasteiger partial charge in [-0.3, -0.25) is 0 Å². The molecule has 0 spiro atoms. The first kappa shape index (κ1) is 16.1. The number of rotatable bonds is 4. The van der Waals surface area contributed by atoms with Crippen molar-refractivity contribution in [3.05, 3.63) is 48.0 Å². The molecular weight excluding hydrogens is 294 g/mol. The molecule has 2 rings (SSSR count). The molecule has 0 atom stereocenters. The van der Waals surface area contributed by atoms with E-state index < -0.39 is 0 Å². The molecule has 2 N–H and O–H groups in total. The van der Waals surface area contributed by atoms with Crippen molar-refractivity contribution >= 4 is 34.4 Å². The quantitative estimate of drug-likeness (QED) is 0.838. The van der Waals surface area contributed by atoms with Crippen LogP contribution >= 0.6 is 12.2 Å². The van der Waals surface area contributed by atoms with Crippen LogP contribution in [-0.4, -0.2) is 26.3 Å². The van der Waals surface area contributed by atoms with Crippen molar-refractivity contribution in [2.45, 2.75) is 6.92 Å². The van der Waals surface area contributed by atoms with Gasteiger partial charge in [-0.05, 0) is 61.1 Å². The van der Waals surface area contributed by atoms with Crippen LogP contribution in [0.5, 0.6) is 5.75 Å². The second-order valence-corrected chi connectivity index (χ2v) is 5.63. The number of nitrogens with one attached hydrogen (secondary N) is 2. The van der Waals surface area contributed by atoms with E-state index in [4.69, 9.17) is 17.0 Å². The molecule has 0 saturated carbocycles. The molecule has 0 bridgehead atoms. The maximum absolute atomic E-state index is 5.37. The van der Waals surface area contributed by atoms with E-state index in [0.717, 1.165) is 28.4 Å². The molecule has 0 unspecified atom stereocenters. The highest BCUT2D eigenvalue weighted by molar-refractivity contribution is 7.80.